The molecule has 0 heterocycles. The molecule has 0 bridgehead atoms. The van der Waals surface area contributed by atoms with Gasteiger partial charge in [-0.05, 0) is 53.5 Å². The number of carbonyl (C=O) groups is 2. The molecule has 0 aliphatic heterocycles. The molecule has 1 aromatic carbocycles. The number of hydrogen-bond acceptors (Lipinski definition) is 5. The van der Waals surface area contributed by atoms with E-state index in [-0.39, 0.29) is 13.0 Å². The number of amides is 1. The molecular formula is C20H29NO5. The van der Waals surface area contributed by atoms with Gasteiger partial charge in [-0.2, -0.15) is 0 Å². The third kappa shape index (κ3) is 4.01. The molecule has 6 nitrogen and oxygen atoms in total. The van der Waals surface area contributed by atoms with Gasteiger partial charge in [-0.15, -0.1) is 0 Å². The molecule has 0 radical (unpaired) electrons. The van der Waals surface area contributed by atoms with E-state index >= 15 is 0 Å². The number of rotatable bonds is 4. The summed E-state index contributed by atoms with van der Waals surface area (Å²) in [7, 11) is 0. The Morgan fingerprint density at radius 2 is 1.58 bits per heavy atom. The van der Waals surface area contributed by atoms with Gasteiger partial charge in [0.2, 0.25) is 0 Å². The first kappa shape index (κ1) is 20.2. The Hall–Kier alpha value is -2.08. The summed E-state index contributed by atoms with van der Waals surface area (Å²) >= 11 is 0. The van der Waals surface area contributed by atoms with Crippen molar-refractivity contribution >= 4 is 12.1 Å². The molecule has 2 atom stereocenters. The lowest BCUT2D eigenvalue weighted by Crippen LogP contribution is -2.53. The van der Waals surface area contributed by atoms with Gasteiger partial charge in [0, 0.05) is 0 Å². The molecule has 0 aromatic heterocycles. The third-order valence-electron chi connectivity index (χ3n) is 4.32. The van der Waals surface area contributed by atoms with E-state index in [0.29, 0.717) is 0 Å². The van der Waals surface area contributed by atoms with Crippen LogP contribution in [0.5, 0.6) is 0 Å². The number of nitrogens with one attached hydrogen (secondary N) is 1. The smallest absolute Gasteiger partial charge is 0.408 e. The first-order chi connectivity index (χ1) is 11.9. The van der Waals surface area contributed by atoms with E-state index in [1.807, 2.05) is 30.3 Å². The van der Waals surface area contributed by atoms with Crippen molar-refractivity contribution in [3.8, 4) is 0 Å². The predicted molar refractivity (Wildman–Crippen MR) is 97.8 cm³/mol. The molecule has 0 spiro atoms. The second-order valence-electron chi connectivity index (χ2n) is 8.82. The van der Waals surface area contributed by atoms with Crippen LogP contribution in [0, 0.1) is 0 Å². The lowest BCUT2D eigenvalue weighted by atomic mass is 9.91. The standard InChI is InChI=1S/C20H29NO5/c1-17(2,3)25-15(23)20(21-16(24)26-18(4,5)6)12-19(20,13-22)14-10-8-7-9-11-14/h7-11,22H,12-13H2,1-6H3,(H,21,24)/t19-,20-/m0/s1. The topological polar surface area (TPSA) is 84.9 Å². The fraction of sp³-hybridized carbons (Fsp3) is 0.600. The van der Waals surface area contributed by atoms with Gasteiger partial charge in [0.1, 0.15) is 11.2 Å². The van der Waals surface area contributed by atoms with E-state index < -0.39 is 34.2 Å². The number of ether oxygens (including phenoxy) is 2. The van der Waals surface area contributed by atoms with Crippen LogP contribution in [-0.4, -0.2) is 40.5 Å². The van der Waals surface area contributed by atoms with E-state index in [1.54, 1.807) is 41.5 Å². The quantitative estimate of drug-likeness (QED) is 0.804. The fourth-order valence-electron chi connectivity index (χ4n) is 3.12. The number of aliphatic hydroxyl groups excluding tert-OH is 1. The Morgan fingerprint density at radius 3 is 2.04 bits per heavy atom. The van der Waals surface area contributed by atoms with Crippen molar-refractivity contribution in [2.24, 2.45) is 0 Å². The number of esters is 1. The molecule has 26 heavy (non-hydrogen) atoms. The SMILES string of the molecule is CC(C)(C)OC(=O)N[C@]1(C(=O)OC(C)(C)C)C[C@]1(CO)c1ccccc1. The van der Waals surface area contributed by atoms with Gasteiger partial charge in [0.25, 0.3) is 0 Å². The number of benzene rings is 1. The van der Waals surface area contributed by atoms with Crippen molar-refractivity contribution < 1.29 is 24.2 Å². The van der Waals surface area contributed by atoms with Crippen LogP contribution in [0.3, 0.4) is 0 Å². The zero-order chi connectivity index (χ0) is 19.8. The summed E-state index contributed by atoms with van der Waals surface area (Å²) in [6.45, 7) is 10.2. The summed E-state index contributed by atoms with van der Waals surface area (Å²) in [4.78, 5) is 25.4. The average Bonchev–Trinajstić information content (AvgIpc) is 3.15. The van der Waals surface area contributed by atoms with Crippen molar-refractivity contribution in [2.45, 2.75) is 70.1 Å². The van der Waals surface area contributed by atoms with E-state index in [0.717, 1.165) is 5.56 Å². The zero-order valence-electron chi connectivity index (χ0n) is 16.4. The molecule has 1 aliphatic rings. The fourth-order valence-corrected chi connectivity index (χ4v) is 3.12. The molecule has 1 fully saturated rings. The van der Waals surface area contributed by atoms with Gasteiger partial charge in [0.05, 0.1) is 12.0 Å². The van der Waals surface area contributed by atoms with Gasteiger partial charge < -0.3 is 19.9 Å². The molecule has 2 N–H and O–H groups in total. The largest absolute Gasteiger partial charge is 0.458 e. The predicted octanol–water partition coefficient (Wildman–Crippen LogP) is 2.93. The minimum Gasteiger partial charge on any atom is -0.458 e. The van der Waals surface area contributed by atoms with Crippen molar-refractivity contribution in [1.82, 2.24) is 5.32 Å². The lowest BCUT2D eigenvalue weighted by Gasteiger charge is -2.29. The highest BCUT2D eigenvalue weighted by Crippen LogP contribution is 2.58. The van der Waals surface area contributed by atoms with E-state index in [1.165, 1.54) is 0 Å². The van der Waals surface area contributed by atoms with E-state index in [4.69, 9.17) is 9.47 Å². The maximum atomic E-state index is 13.0. The van der Waals surface area contributed by atoms with Gasteiger partial charge in [-0.1, -0.05) is 30.3 Å². The van der Waals surface area contributed by atoms with Gasteiger partial charge in [-0.25, -0.2) is 9.59 Å². The molecule has 2 rings (SSSR count). The zero-order valence-corrected chi connectivity index (χ0v) is 16.4. The van der Waals surface area contributed by atoms with Crippen molar-refractivity contribution in [1.29, 1.82) is 0 Å². The molecule has 1 aliphatic carbocycles. The number of aliphatic hydroxyl groups is 1. The first-order valence-electron chi connectivity index (χ1n) is 8.76. The van der Waals surface area contributed by atoms with Gasteiger partial charge >= 0.3 is 12.1 Å². The second-order valence-corrected chi connectivity index (χ2v) is 8.82. The molecule has 1 aromatic rings. The van der Waals surface area contributed by atoms with E-state index in [2.05, 4.69) is 5.32 Å². The number of hydrogen-bond donors (Lipinski definition) is 2. The van der Waals surface area contributed by atoms with Gasteiger partial charge in [-0.3, -0.25) is 0 Å². The van der Waals surface area contributed by atoms with Crippen LogP contribution in [0.1, 0.15) is 53.5 Å². The monoisotopic (exact) mass is 363 g/mol. The van der Waals surface area contributed by atoms with Crippen LogP contribution in [0.2, 0.25) is 0 Å². The molecule has 0 unspecified atom stereocenters. The van der Waals surface area contributed by atoms with Crippen LogP contribution >= 0.6 is 0 Å². The van der Waals surface area contributed by atoms with Crippen LogP contribution in [-0.2, 0) is 19.7 Å². The van der Waals surface area contributed by atoms with Crippen LogP contribution in [0.4, 0.5) is 4.79 Å². The van der Waals surface area contributed by atoms with Crippen LogP contribution in [0.15, 0.2) is 30.3 Å². The summed E-state index contributed by atoms with van der Waals surface area (Å²) in [5, 5.41) is 12.8. The molecule has 0 saturated heterocycles. The molecule has 6 heteroatoms. The van der Waals surface area contributed by atoms with Crippen molar-refractivity contribution in [3.63, 3.8) is 0 Å². The first-order valence-corrected chi connectivity index (χ1v) is 8.76. The number of carbonyl (C=O) groups excluding carboxylic acids is 2. The summed E-state index contributed by atoms with van der Waals surface area (Å²) in [5.74, 6) is -0.575. The van der Waals surface area contributed by atoms with E-state index in [9.17, 15) is 14.7 Å². The lowest BCUT2D eigenvalue weighted by molar-refractivity contribution is -0.159. The van der Waals surface area contributed by atoms with Crippen LogP contribution in [0.25, 0.3) is 0 Å². The Labute approximate surface area is 154 Å². The normalized spacial score (nSPS) is 25.3. The molecule has 144 valence electrons. The van der Waals surface area contributed by atoms with Crippen molar-refractivity contribution in [2.75, 3.05) is 6.61 Å². The Bertz CT molecular complexity index is 674. The Balaban J connectivity index is 2.38. The molecular weight excluding hydrogens is 334 g/mol. The van der Waals surface area contributed by atoms with Gasteiger partial charge in [0.15, 0.2) is 5.54 Å². The summed E-state index contributed by atoms with van der Waals surface area (Å²) in [5.41, 5.74) is -2.96. The molecule has 1 amide bonds. The second kappa shape index (κ2) is 6.58. The summed E-state index contributed by atoms with van der Waals surface area (Å²) in [6, 6.07) is 9.18. The minimum atomic E-state index is -1.36. The average molecular weight is 363 g/mol. The maximum absolute atomic E-state index is 13.0. The number of alkyl carbamates (subject to hydrolysis) is 1. The summed E-state index contributed by atoms with van der Waals surface area (Å²) < 4.78 is 10.9. The minimum absolute atomic E-state index is 0.245. The third-order valence-corrected chi connectivity index (χ3v) is 4.32. The highest BCUT2D eigenvalue weighted by Gasteiger charge is 2.75. The highest BCUT2D eigenvalue weighted by atomic mass is 16.6. The Morgan fingerprint density at radius 1 is 1.04 bits per heavy atom. The van der Waals surface area contributed by atoms with Crippen LogP contribution < -0.4 is 5.32 Å². The molecule has 1 saturated carbocycles. The Kier molecular flexibility index (Phi) is 5.12. The van der Waals surface area contributed by atoms with Crippen molar-refractivity contribution in [3.05, 3.63) is 35.9 Å². The summed E-state index contributed by atoms with van der Waals surface area (Å²) in [6.07, 6.45) is -0.469. The highest BCUT2D eigenvalue weighted by molar-refractivity contribution is 5.93. The maximum Gasteiger partial charge on any atom is 0.408 e.